The molecule has 5 heteroatoms. The van der Waals surface area contributed by atoms with E-state index >= 15 is 0 Å². The molecule has 1 unspecified atom stereocenters. The zero-order valence-corrected chi connectivity index (χ0v) is 10.4. The van der Waals surface area contributed by atoms with Gasteiger partial charge in [-0.05, 0) is 32.0 Å². The highest BCUT2D eigenvalue weighted by molar-refractivity contribution is 5.49. The number of ether oxygens (including phenoxy) is 1. The summed E-state index contributed by atoms with van der Waals surface area (Å²) in [4.78, 5) is 10.4. The van der Waals surface area contributed by atoms with Crippen LogP contribution in [0, 0.1) is 29.9 Å². The Labute approximate surface area is 101 Å². The third kappa shape index (κ3) is 3.42. The molecule has 2 N–H and O–H groups in total. The molecule has 0 saturated carbocycles. The second-order valence-corrected chi connectivity index (χ2v) is 4.31. The van der Waals surface area contributed by atoms with Gasteiger partial charge < -0.3 is 10.5 Å². The van der Waals surface area contributed by atoms with Gasteiger partial charge in [-0.2, -0.15) is 0 Å². The first kappa shape index (κ1) is 13.4. The number of nitrogens with two attached hydrogens (primary N) is 1. The van der Waals surface area contributed by atoms with Crippen molar-refractivity contribution in [2.75, 3.05) is 13.2 Å². The molecule has 1 aromatic rings. The highest BCUT2D eigenvalue weighted by Gasteiger charge is 2.14. The van der Waals surface area contributed by atoms with Crippen molar-refractivity contribution in [1.82, 2.24) is 0 Å². The van der Waals surface area contributed by atoms with E-state index in [0.29, 0.717) is 24.5 Å². The van der Waals surface area contributed by atoms with Gasteiger partial charge in [0.15, 0.2) is 0 Å². The van der Waals surface area contributed by atoms with Crippen molar-refractivity contribution in [3.05, 3.63) is 33.4 Å². The maximum Gasteiger partial charge on any atom is 0.276 e. The van der Waals surface area contributed by atoms with Gasteiger partial charge in [0.2, 0.25) is 0 Å². The number of benzene rings is 1. The molecule has 1 aromatic carbocycles. The van der Waals surface area contributed by atoms with Crippen LogP contribution in [0.2, 0.25) is 0 Å². The van der Waals surface area contributed by atoms with E-state index in [0.717, 1.165) is 5.56 Å². The van der Waals surface area contributed by atoms with Crippen LogP contribution in [0.15, 0.2) is 12.1 Å². The lowest BCUT2D eigenvalue weighted by molar-refractivity contribution is -0.385. The Bertz CT molecular complexity index is 418. The summed E-state index contributed by atoms with van der Waals surface area (Å²) in [6.07, 6.45) is 0. The molecule has 0 heterocycles. The number of aryl methyl sites for hydroxylation is 2. The fourth-order valence-electron chi connectivity index (χ4n) is 1.47. The van der Waals surface area contributed by atoms with Crippen LogP contribution in [-0.4, -0.2) is 18.1 Å². The van der Waals surface area contributed by atoms with Crippen molar-refractivity contribution >= 4 is 5.69 Å². The minimum Gasteiger partial charge on any atom is -0.493 e. The Morgan fingerprint density at radius 2 is 2.06 bits per heavy atom. The van der Waals surface area contributed by atoms with Crippen LogP contribution in [0.3, 0.4) is 0 Å². The molecule has 0 bridgehead atoms. The average molecular weight is 238 g/mol. The molecule has 0 radical (unpaired) electrons. The summed E-state index contributed by atoms with van der Waals surface area (Å²) in [6.45, 7) is 6.57. The maximum absolute atomic E-state index is 10.8. The van der Waals surface area contributed by atoms with E-state index in [2.05, 4.69) is 0 Å². The Morgan fingerprint density at radius 1 is 1.41 bits per heavy atom. The van der Waals surface area contributed by atoms with E-state index in [1.54, 1.807) is 13.0 Å². The van der Waals surface area contributed by atoms with E-state index in [1.165, 1.54) is 6.07 Å². The van der Waals surface area contributed by atoms with Gasteiger partial charge in [-0.25, -0.2) is 0 Å². The fraction of sp³-hybridized carbons (Fsp3) is 0.500. The first-order valence-electron chi connectivity index (χ1n) is 5.54. The Kier molecular flexibility index (Phi) is 4.45. The van der Waals surface area contributed by atoms with Crippen LogP contribution in [0.1, 0.15) is 18.1 Å². The molecule has 0 saturated heterocycles. The van der Waals surface area contributed by atoms with Gasteiger partial charge in [0.1, 0.15) is 5.75 Å². The lowest BCUT2D eigenvalue weighted by Gasteiger charge is -2.13. The van der Waals surface area contributed by atoms with E-state index in [-0.39, 0.29) is 11.6 Å². The molecule has 0 spiro atoms. The molecule has 0 aromatic heterocycles. The third-order valence-electron chi connectivity index (χ3n) is 2.62. The van der Waals surface area contributed by atoms with Crippen LogP contribution in [0.25, 0.3) is 0 Å². The van der Waals surface area contributed by atoms with Crippen LogP contribution >= 0.6 is 0 Å². The molecule has 5 nitrogen and oxygen atoms in total. The monoisotopic (exact) mass is 238 g/mol. The molecule has 1 rings (SSSR count). The molecule has 0 aliphatic carbocycles. The first-order chi connectivity index (χ1) is 7.95. The normalized spacial score (nSPS) is 12.2. The quantitative estimate of drug-likeness (QED) is 0.630. The highest BCUT2D eigenvalue weighted by Crippen LogP contribution is 2.28. The van der Waals surface area contributed by atoms with E-state index in [4.69, 9.17) is 10.5 Å². The van der Waals surface area contributed by atoms with Crippen molar-refractivity contribution in [2.45, 2.75) is 20.8 Å². The van der Waals surface area contributed by atoms with E-state index < -0.39 is 4.92 Å². The Balaban J connectivity index is 2.92. The first-order valence-corrected chi connectivity index (χ1v) is 5.54. The van der Waals surface area contributed by atoms with Crippen molar-refractivity contribution < 1.29 is 9.66 Å². The molecule has 0 fully saturated rings. The van der Waals surface area contributed by atoms with Crippen molar-refractivity contribution in [3.63, 3.8) is 0 Å². The van der Waals surface area contributed by atoms with Crippen LogP contribution in [0.4, 0.5) is 5.69 Å². The van der Waals surface area contributed by atoms with Gasteiger partial charge in [0, 0.05) is 11.5 Å². The number of hydrogen-bond acceptors (Lipinski definition) is 4. The summed E-state index contributed by atoms with van der Waals surface area (Å²) in [5, 5.41) is 10.8. The smallest absolute Gasteiger partial charge is 0.276 e. The summed E-state index contributed by atoms with van der Waals surface area (Å²) in [7, 11) is 0. The second-order valence-electron chi connectivity index (χ2n) is 4.31. The van der Waals surface area contributed by atoms with Gasteiger partial charge in [0.05, 0.1) is 17.6 Å². The number of rotatable bonds is 5. The number of hydrogen-bond donors (Lipinski definition) is 1. The maximum atomic E-state index is 10.8. The number of nitrogens with zero attached hydrogens (tertiary/aromatic N) is 1. The van der Waals surface area contributed by atoms with Gasteiger partial charge in [-0.15, -0.1) is 0 Å². The molecule has 0 aliphatic heterocycles. The van der Waals surface area contributed by atoms with Crippen molar-refractivity contribution in [3.8, 4) is 5.75 Å². The zero-order valence-electron chi connectivity index (χ0n) is 10.4. The van der Waals surface area contributed by atoms with Crippen LogP contribution in [-0.2, 0) is 0 Å². The number of nitro benzene ring substituents is 1. The molecular weight excluding hydrogens is 220 g/mol. The SMILES string of the molecule is Cc1cc(C)c([N+](=O)[O-])cc1OCC(C)CN. The summed E-state index contributed by atoms with van der Waals surface area (Å²) in [5.41, 5.74) is 7.12. The molecule has 0 amide bonds. The lowest BCUT2D eigenvalue weighted by Crippen LogP contribution is -2.18. The molecule has 0 aliphatic rings. The summed E-state index contributed by atoms with van der Waals surface area (Å²) in [5.74, 6) is 0.789. The topological polar surface area (TPSA) is 78.4 Å². The Morgan fingerprint density at radius 3 is 2.59 bits per heavy atom. The van der Waals surface area contributed by atoms with Crippen LogP contribution < -0.4 is 10.5 Å². The highest BCUT2D eigenvalue weighted by atomic mass is 16.6. The summed E-state index contributed by atoms with van der Waals surface area (Å²) < 4.78 is 5.55. The minimum absolute atomic E-state index is 0.0889. The predicted molar refractivity (Wildman–Crippen MR) is 66.3 cm³/mol. The average Bonchev–Trinajstić information content (AvgIpc) is 2.26. The lowest BCUT2D eigenvalue weighted by atomic mass is 10.1. The van der Waals surface area contributed by atoms with Gasteiger partial charge in [-0.3, -0.25) is 10.1 Å². The molecule has 17 heavy (non-hydrogen) atoms. The largest absolute Gasteiger partial charge is 0.493 e. The standard InChI is InChI=1S/C12H18N2O3/c1-8(6-13)7-17-12-5-11(14(15)16)9(2)4-10(12)3/h4-5,8H,6-7,13H2,1-3H3. The Hall–Kier alpha value is -1.62. The van der Waals surface area contributed by atoms with Crippen molar-refractivity contribution in [1.29, 1.82) is 0 Å². The summed E-state index contributed by atoms with van der Waals surface area (Å²) >= 11 is 0. The van der Waals surface area contributed by atoms with E-state index in [9.17, 15) is 10.1 Å². The van der Waals surface area contributed by atoms with Gasteiger partial charge in [-0.1, -0.05) is 6.92 Å². The van der Waals surface area contributed by atoms with Crippen LogP contribution in [0.5, 0.6) is 5.75 Å². The molecule has 94 valence electrons. The molecular formula is C12H18N2O3. The zero-order chi connectivity index (χ0) is 13.0. The summed E-state index contributed by atoms with van der Waals surface area (Å²) in [6, 6.07) is 3.24. The second kappa shape index (κ2) is 5.63. The molecule has 1 atom stereocenters. The van der Waals surface area contributed by atoms with Gasteiger partial charge in [0.25, 0.3) is 5.69 Å². The predicted octanol–water partition coefficient (Wildman–Crippen LogP) is 2.19. The van der Waals surface area contributed by atoms with Crippen molar-refractivity contribution in [2.24, 2.45) is 11.7 Å². The van der Waals surface area contributed by atoms with Gasteiger partial charge >= 0.3 is 0 Å². The minimum atomic E-state index is -0.395. The fourth-order valence-corrected chi connectivity index (χ4v) is 1.47. The number of nitro groups is 1. The third-order valence-corrected chi connectivity index (χ3v) is 2.62. The van der Waals surface area contributed by atoms with E-state index in [1.807, 2.05) is 13.8 Å².